The highest BCUT2D eigenvalue weighted by molar-refractivity contribution is 14.1. The molecule has 0 aliphatic carbocycles. The Balaban J connectivity index is 2.10. The van der Waals surface area contributed by atoms with E-state index in [9.17, 15) is 8.78 Å². The molecule has 0 spiro atoms. The third kappa shape index (κ3) is 3.15. The van der Waals surface area contributed by atoms with Crippen LogP contribution in [0.3, 0.4) is 0 Å². The first-order valence-electron chi connectivity index (χ1n) is 4.98. The first kappa shape index (κ1) is 12.3. The van der Waals surface area contributed by atoms with Crippen molar-refractivity contribution >= 4 is 22.6 Å². The maximum absolute atomic E-state index is 13.3. The first-order valence-corrected chi connectivity index (χ1v) is 6.06. The van der Waals surface area contributed by atoms with E-state index in [2.05, 4.69) is 22.6 Å². The van der Waals surface area contributed by atoms with Gasteiger partial charge in [0.2, 0.25) is 0 Å². The molecule has 0 radical (unpaired) electrons. The Hall–Kier alpha value is -1.17. The standard InChI is InChI=1S/C13H9F2IO/c14-12-6-1-3-9(13(12)15)8-17-11-5-2-4-10(16)7-11/h1-7H,8H2. The highest BCUT2D eigenvalue weighted by atomic mass is 127. The molecule has 17 heavy (non-hydrogen) atoms. The van der Waals surface area contributed by atoms with Crippen molar-refractivity contribution in [3.05, 3.63) is 63.2 Å². The molecule has 0 unspecified atom stereocenters. The van der Waals surface area contributed by atoms with Crippen LogP contribution in [0.4, 0.5) is 8.78 Å². The zero-order valence-corrected chi connectivity index (χ0v) is 10.9. The van der Waals surface area contributed by atoms with E-state index in [0.717, 1.165) is 9.64 Å². The average Bonchev–Trinajstić information content (AvgIpc) is 2.31. The molecule has 2 aromatic rings. The van der Waals surface area contributed by atoms with Gasteiger partial charge in [-0.3, -0.25) is 0 Å². The predicted octanol–water partition coefficient (Wildman–Crippen LogP) is 4.15. The second-order valence-electron chi connectivity index (χ2n) is 3.46. The van der Waals surface area contributed by atoms with Gasteiger partial charge in [0.1, 0.15) is 12.4 Å². The van der Waals surface area contributed by atoms with Crippen LogP contribution >= 0.6 is 22.6 Å². The molecule has 0 aliphatic heterocycles. The van der Waals surface area contributed by atoms with Gasteiger partial charge in [0.15, 0.2) is 11.6 Å². The van der Waals surface area contributed by atoms with Crippen molar-refractivity contribution < 1.29 is 13.5 Å². The molecule has 2 aromatic carbocycles. The Bertz CT molecular complexity index is 529. The molecular weight excluding hydrogens is 337 g/mol. The molecule has 88 valence electrons. The minimum atomic E-state index is -0.853. The number of rotatable bonds is 3. The molecule has 0 amide bonds. The number of halogens is 3. The number of ether oxygens (including phenoxy) is 1. The normalized spacial score (nSPS) is 10.3. The fourth-order valence-corrected chi connectivity index (χ4v) is 1.89. The lowest BCUT2D eigenvalue weighted by molar-refractivity contribution is 0.297. The molecule has 0 aliphatic rings. The van der Waals surface area contributed by atoms with Gasteiger partial charge >= 0.3 is 0 Å². The number of hydrogen-bond acceptors (Lipinski definition) is 1. The highest BCUT2D eigenvalue weighted by Crippen LogP contribution is 2.18. The summed E-state index contributed by atoms with van der Waals surface area (Å²) in [5.41, 5.74) is 0.212. The van der Waals surface area contributed by atoms with Gasteiger partial charge in [0.05, 0.1) is 0 Å². The summed E-state index contributed by atoms with van der Waals surface area (Å²) in [6.45, 7) is 0.0175. The maximum atomic E-state index is 13.3. The second-order valence-corrected chi connectivity index (χ2v) is 4.70. The van der Waals surface area contributed by atoms with Crippen molar-refractivity contribution in [2.45, 2.75) is 6.61 Å². The van der Waals surface area contributed by atoms with Gasteiger partial charge in [-0.25, -0.2) is 8.78 Å². The van der Waals surface area contributed by atoms with Crippen LogP contribution in [0, 0.1) is 15.2 Å². The molecule has 4 heteroatoms. The predicted molar refractivity (Wildman–Crippen MR) is 69.8 cm³/mol. The van der Waals surface area contributed by atoms with Crippen LogP contribution in [0.1, 0.15) is 5.56 Å². The van der Waals surface area contributed by atoms with E-state index in [-0.39, 0.29) is 12.2 Å². The molecule has 0 fully saturated rings. The van der Waals surface area contributed by atoms with Crippen LogP contribution in [0.15, 0.2) is 42.5 Å². The zero-order chi connectivity index (χ0) is 12.3. The van der Waals surface area contributed by atoms with Crippen molar-refractivity contribution in [1.82, 2.24) is 0 Å². The summed E-state index contributed by atoms with van der Waals surface area (Å²) in [6.07, 6.45) is 0. The lowest BCUT2D eigenvalue weighted by Gasteiger charge is -2.07. The third-order valence-corrected chi connectivity index (χ3v) is 2.89. The van der Waals surface area contributed by atoms with Crippen molar-refractivity contribution in [1.29, 1.82) is 0 Å². The minimum Gasteiger partial charge on any atom is -0.489 e. The molecule has 0 atom stereocenters. The Morgan fingerprint density at radius 2 is 1.82 bits per heavy atom. The van der Waals surface area contributed by atoms with E-state index >= 15 is 0 Å². The quantitative estimate of drug-likeness (QED) is 0.759. The lowest BCUT2D eigenvalue weighted by Crippen LogP contribution is -2.00. The van der Waals surface area contributed by atoms with Crippen molar-refractivity contribution in [2.24, 2.45) is 0 Å². The fourth-order valence-electron chi connectivity index (χ4n) is 1.38. The van der Waals surface area contributed by atoms with Gasteiger partial charge in [-0.05, 0) is 46.9 Å². The van der Waals surface area contributed by atoms with Crippen LogP contribution < -0.4 is 4.74 Å². The summed E-state index contributed by atoms with van der Waals surface area (Å²) in [5, 5.41) is 0. The third-order valence-electron chi connectivity index (χ3n) is 2.22. The van der Waals surface area contributed by atoms with Crippen LogP contribution in [0.25, 0.3) is 0 Å². The smallest absolute Gasteiger partial charge is 0.165 e. The summed E-state index contributed by atoms with van der Waals surface area (Å²) >= 11 is 2.16. The molecule has 0 bridgehead atoms. The summed E-state index contributed by atoms with van der Waals surface area (Å²) in [6, 6.07) is 11.4. The molecule has 0 N–H and O–H groups in total. The largest absolute Gasteiger partial charge is 0.489 e. The zero-order valence-electron chi connectivity index (χ0n) is 8.79. The van der Waals surface area contributed by atoms with Crippen LogP contribution in [-0.2, 0) is 6.61 Å². The maximum Gasteiger partial charge on any atom is 0.165 e. The summed E-state index contributed by atoms with van der Waals surface area (Å²) in [7, 11) is 0. The van der Waals surface area contributed by atoms with Gasteiger partial charge < -0.3 is 4.74 Å². The summed E-state index contributed by atoms with van der Waals surface area (Å²) in [4.78, 5) is 0. The average molecular weight is 346 g/mol. The highest BCUT2D eigenvalue weighted by Gasteiger charge is 2.07. The van der Waals surface area contributed by atoms with Gasteiger partial charge in [0, 0.05) is 9.13 Å². The van der Waals surface area contributed by atoms with Crippen LogP contribution in [-0.4, -0.2) is 0 Å². The van der Waals surface area contributed by atoms with E-state index in [1.807, 2.05) is 18.2 Å². The fraction of sp³-hybridized carbons (Fsp3) is 0.0769. The molecule has 0 saturated carbocycles. The van der Waals surface area contributed by atoms with Crippen LogP contribution in [0.5, 0.6) is 5.75 Å². The molecule has 0 aromatic heterocycles. The van der Waals surface area contributed by atoms with Crippen molar-refractivity contribution in [3.8, 4) is 5.75 Å². The molecular formula is C13H9F2IO. The number of hydrogen-bond donors (Lipinski definition) is 0. The molecule has 2 rings (SSSR count). The topological polar surface area (TPSA) is 9.23 Å². The van der Waals surface area contributed by atoms with Crippen molar-refractivity contribution in [2.75, 3.05) is 0 Å². The Morgan fingerprint density at radius 1 is 1.06 bits per heavy atom. The Morgan fingerprint density at radius 3 is 2.59 bits per heavy atom. The van der Waals surface area contributed by atoms with E-state index in [1.165, 1.54) is 12.1 Å². The van der Waals surface area contributed by atoms with Gasteiger partial charge in [-0.2, -0.15) is 0 Å². The monoisotopic (exact) mass is 346 g/mol. The summed E-state index contributed by atoms with van der Waals surface area (Å²) in [5.74, 6) is -1.06. The van der Waals surface area contributed by atoms with Gasteiger partial charge in [-0.15, -0.1) is 0 Å². The van der Waals surface area contributed by atoms with E-state index in [0.29, 0.717) is 5.75 Å². The Kier molecular flexibility index (Phi) is 3.93. The molecule has 1 nitrogen and oxygen atoms in total. The minimum absolute atomic E-state index is 0.0175. The molecule has 0 heterocycles. The SMILES string of the molecule is Fc1cccc(COc2cccc(I)c2)c1F. The molecule has 0 saturated heterocycles. The van der Waals surface area contributed by atoms with E-state index < -0.39 is 11.6 Å². The van der Waals surface area contributed by atoms with Gasteiger partial charge in [0.25, 0.3) is 0 Å². The lowest BCUT2D eigenvalue weighted by atomic mass is 10.2. The van der Waals surface area contributed by atoms with Crippen LogP contribution in [0.2, 0.25) is 0 Å². The summed E-state index contributed by atoms with van der Waals surface area (Å²) < 4.78 is 32.7. The van der Waals surface area contributed by atoms with Crippen molar-refractivity contribution in [3.63, 3.8) is 0 Å². The second kappa shape index (κ2) is 5.44. The van der Waals surface area contributed by atoms with E-state index in [4.69, 9.17) is 4.74 Å². The van der Waals surface area contributed by atoms with E-state index in [1.54, 1.807) is 6.07 Å². The Labute approximate surface area is 112 Å². The number of benzene rings is 2. The van der Waals surface area contributed by atoms with Gasteiger partial charge in [-0.1, -0.05) is 18.2 Å². The first-order chi connectivity index (χ1) is 8.16.